The van der Waals surface area contributed by atoms with Crippen LogP contribution in [0.3, 0.4) is 0 Å². The average Bonchev–Trinajstić information content (AvgIpc) is 3.63. The minimum atomic E-state index is -0.283. The smallest absolute Gasteiger partial charge is 0.258 e. The Labute approximate surface area is 231 Å². The third kappa shape index (κ3) is 11.4. The van der Waals surface area contributed by atoms with E-state index < -0.39 is 0 Å². The lowest BCUT2D eigenvalue weighted by atomic mass is 10.1. The van der Waals surface area contributed by atoms with Gasteiger partial charge in [0.1, 0.15) is 17.6 Å². The lowest BCUT2D eigenvalue weighted by Crippen LogP contribution is -2.25. The van der Waals surface area contributed by atoms with Gasteiger partial charge in [0.2, 0.25) is 5.95 Å². The molecule has 1 aliphatic carbocycles. The molecule has 2 heterocycles. The molecule has 0 spiro atoms. The molecule has 2 unspecified atom stereocenters. The minimum absolute atomic E-state index is 0.0189. The summed E-state index contributed by atoms with van der Waals surface area (Å²) >= 11 is 1.84. The second-order valence-electron chi connectivity index (χ2n) is 8.64. The highest BCUT2D eigenvalue weighted by molar-refractivity contribution is 8.03. The van der Waals surface area contributed by atoms with Crippen LogP contribution in [0.1, 0.15) is 69.9 Å². The normalized spacial score (nSPS) is 17.8. The summed E-state index contributed by atoms with van der Waals surface area (Å²) in [7, 11) is 1.75. The van der Waals surface area contributed by atoms with E-state index in [-0.39, 0.29) is 23.5 Å². The van der Waals surface area contributed by atoms with Crippen molar-refractivity contribution >= 4 is 36.0 Å². The first kappa shape index (κ1) is 30.9. The number of nitrogens with one attached hydrogen (secondary N) is 2. The van der Waals surface area contributed by atoms with Crippen LogP contribution in [0.4, 0.5) is 5.95 Å². The van der Waals surface area contributed by atoms with Crippen molar-refractivity contribution in [2.45, 2.75) is 78.4 Å². The summed E-state index contributed by atoms with van der Waals surface area (Å²) in [5.74, 6) is 1.30. The number of aromatic amines is 1. The predicted octanol–water partition coefficient (Wildman–Crippen LogP) is 7.01. The number of thioether (sulfide) groups is 1. The van der Waals surface area contributed by atoms with Gasteiger partial charge in [0, 0.05) is 43.0 Å². The number of benzene rings is 1. The molecule has 1 aliphatic heterocycles. The standard InChI is InChI=1S/C22H26N4O3S.C5H9N.C2H6/c1-13(2)28-17-8-15(21(27)26-22-24-11-14(3)25-22)9-18(10-17)29-16-4-7-20(23-12-16)30-19-5-6-19;1-3-4-5-6-2;1-2/h5,8-13,16,20H,4,6-7H2,1-3H3,(H2,24,25,26,27);3-5H,1-2H3;1-2H3/b;4-3-,6-5?;. The number of aromatic nitrogens is 2. The van der Waals surface area contributed by atoms with Crippen LogP contribution >= 0.6 is 11.8 Å². The Kier molecular flexibility index (Phi) is 13.4. The SMILES string of the molecule is C/C=C\C=NC.CC.Cc1cnc(NC(=O)c2cc(OC(C)C)cc(OC3C=NC(SC4=CC4)CC3)c2)[nH]1. The molecule has 2 N–H and O–H groups in total. The first-order valence-electron chi connectivity index (χ1n) is 13.1. The third-order valence-corrected chi connectivity index (χ3v) is 6.20. The largest absolute Gasteiger partial charge is 0.491 e. The van der Waals surface area contributed by atoms with Gasteiger partial charge < -0.3 is 14.5 Å². The van der Waals surface area contributed by atoms with Gasteiger partial charge in [-0.3, -0.25) is 20.1 Å². The van der Waals surface area contributed by atoms with Crippen molar-refractivity contribution in [1.29, 1.82) is 0 Å². The zero-order valence-electron chi connectivity index (χ0n) is 23.5. The van der Waals surface area contributed by atoms with Gasteiger partial charge >= 0.3 is 0 Å². The van der Waals surface area contributed by atoms with Crippen molar-refractivity contribution in [1.82, 2.24) is 9.97 Å². The molecule has 2 atom stereocenters. The molecular formula is C29H41N5O3S. The molecule has 0 radical (unpaired) electrons. The number of rotatable bonds is 9. The second kappa shape index (κ2) is 16.5. The molecule has 1 amide bonds. The fourth-order valence-corrected chi connectivity index (χ4v) is 4.26. The van der Waals surface area contributed by atoms with E-state index in [0.717, 1.165) is 25.0 Å². The van der Waals surface area contributed by atoms with Crippen molar-refractivity contribution in [3.05, 3.63) is 58.8 Å². The molecule has 4 rings (SSSR count). The summed E-state index contributed by atoms with van der Waals surface area (Å²) in [5, 5.41) is 3.05. The zero-order chi connectivity index (χ0) is 27.9. The molecule has 2 aliphatic rings. The number of carbonyl (C=O) groups is 1. The predicted molar refractivity (Wildman–Crippen MR) is 160 cm³/mol. The summed E-state index contributed by atoms with van der Waals surface area (Å²) in [6.45, 7) is 11.7. The molecule has 2 aromatic rings. The number of carbonyl (C=O) groups excluding carboxylic acids is 1. The third-order valence-electron chi connectivity index (χ3n) is 4.94. The molecule has 206 valence electrons. The van der Waals surface area contributed by atoms with Gasteiger partial charge in [-0.2, -0.15) is 0 Å². The second-order valence-corrected chi connectivity index (χ2v) is 9.94. The van der Waals surface area contributed by atoms with Crippen molar-refractivity contribution < 1.29 is 14.3 Å². The topological polar surface area (TPSA) is 101 Å². The fraction of sp³-hybridized carbons (Fsp3) is 0.448. The summed E-state index contributed by atoms with van der Waals surface area (Å²) < 4.78 is 12.0. The maximum atomic E-state index is 12.7. The Balaban J connectivity index is 0.000000560. The monoisotopic (exact) mass is 539 g/mol. The average molecular weight is 540 g/mol. The maximum absolute atomic E-state index is 12.7. The number of aliphatic imine (C=N–C) groups is 2. The van der Waals surface area contributed by atoms with E-state index in [2.05, 4.69) is 31.3 Å². The Hall–Kier alpha value is -3.33. The molecule has 0 saturated heterocycles. The number of nitrogens with zero attached hydrogens (tertiary/aromatic N) is 3. The lowest BCUT2D eigenvalue weighted by molar-refractivity contribution is 0.102. The number of hydrogen-bond donors (Lipinski definition) is 2. The van der Waals surface area contributed by atoms with E-state index in [1.807, 2.05) is 77.7 Å². The number of hydrogen-bond acceptors (Lipinski definition) is 7. The number of allylic oxidation sites excluding steroid dienone is 4. The lowest BCUT2D eigenvalue weighted by Gasteiger charge is -2.23. The van der Waals surface area contributed by atoms with Crippen LogP contribution in [0, 0.1) is 6.92 Å². The highest BCUT2D eigenvalue weighted by Crippen LogP contribution is 2.38. The number of amides is 1. The van der Waals surface area contributed by atoms with Gasteiger partial charge in [-0.1, -0.05) is 26.0 Å². The number of imidazole rings is 1. The van der Waals surface area contributed by atoms with Crippen molar-refractivity contribution in [3.8, 4) is 11.5 Å². The van der Waals surface area contributed by atoms with E-state index in [1.165, 1.54) is 4.91 Å². The Morgan fingerprint density at radius 3 is 2.50 bits per heavy atom. The van der Waals surface area contributed by atoms with E-state index in [4.69, 9.17) is 9.47 Å². The number of H-pyrrole nitrogens is 1. The van der Waals surface area contributed by atoms with E-state index in [9.17, 15) is 4.79 Å². The first-order chi connectivity index (χ1) is 18.4. The molecule has 1 aromatic heterocycles. The summed E-state index contributed by atoms with van der Waals surface area (Å²) in [4.78, 5) is 29.6. The number of ether oxygens (including phenoxy) is 2. The molecule has 38 heavy (non-hydrogen) atoms. The van der Waals surface area contributed by atoms with Crippen LogP contribution in [0.5, 0.6) is 11.5 Å². The van der Waals surface area contributed by atoms with Crippen LogP contribution in [-0.2, 0) is 0 Å². The van der Waals surface area contributed by atoms with Crippen LogP contribution in [-0.4, -0.2) is 52.9 Å². The van der Waals surface area contributed by atoms with E-state index >= 15 is 0 Å². The van der Waals surface area contributed by atoms with Crippen molar-refractivity contribution in [3.63, 3.8) is 0 Å². The molecule has 0 bridgehead atoms. The van der Waals surface area contributed by atoms with Gasteiger partial charge in [-0.15, -0.1) is 11.8 Å². The minimum Gasteiger partial charge on any atom is -0.491 e. The van der Waals surface area contributed by atoms with Crippen LogP contribution in [0.2, 0.25) is 0 Å². The van der Waals surface area contributed by atoms with E-state index in [0.29, 0.717) is 23.0 Å². The van der Waals surface area contributed by atoms with Gasteiger partial charge in [0.25, 0.3) is 5.91 Å². The summed E-state index contributed by atoms with van der Waals surface area (Å²) in [6.07, 6.45) is 14.2. The Bertz CT molecular complexity index is 1130. The first-order valence-corrected chi connectivity index (χ1v) is 14.0. The van der Waals surface area contributed by atoms with Crippen LogP contribution < -0.4 is 14.8 Å². The van der Waals surface area contributed by atoms with Crippen molar-refractivity contribution in [2.75, 3.05) is 12.4 Å². The number of anilines is 1. The van der Waals surface area contributed by atoms with Gasteiger partial charge in [0.05, 0.1) is 11.5 Å². The molecule has 1 aromatic carbocycles. The molecule has 8 nitrogen and oxygen atoms in total. The van der Waals surface area contributed by atoms with Gasteiger partial charge in [-0.05, 0) is 70.1 Å². The number of aryl methyl sites for hydroxylation is 1. The Morgan fingerprint density at radius 2 is 1.97 bits per heavy atom. The zero-order valence-corrected chi connectivity index (χ0v) is 24.3. The summed E-state index contributed by atoms with van der Waals surface area (Å²) in [5.41, 5.74) is 1.32. The van der Waals surface area contributed by atoms with E-state index in [1.54, 1.807) is 31.6 Å². The Morgan fingerprint density at radius 1 is 1.24 bits per heavy atom. The van der Waals surface area contributed by atoms with Gasteiger partial charge in [0.15, 0.2) is 0 Å². The summed E-state index contributed by atoms with van der Waals surface area (Å²) in [6, 6.07) is 5.25. The highest BCUT2D eigenvalue weighted by atomic mass is 32.2. The highest BCUT2D eigenvalue weighted by Gasteiger charge is 2.22. The quantitative estimate of drug-likeness (QED) is 0.334. The van der Waals surface area contributed by atoms with Crippen molar-refractivity contribution in [2.24, 2.45) is 9.98 Å². The van der Waals surface area contributed by atoms with Crippen LogP contribution in [0.25, 0.3) is 0 Å². The molecule has 9 heteroatoms. The molecular weight excluding hydrogens is 498 g/mol. The van der Waals surface area contributed by atoms with Crippen LogP contribution in [0.15, 0.2) is 57.5 Å². The maximum Gasteiger partial charge on any atom is 0.258 e. The molecule has 0 saturated carbocycles. The van der Waals surface area contributed by atoms with Gasteiger partial charge in [-0.25, -0.2) is 4.98 Å². The molecule has 0 fully saturated rings. The fourth-order valence-electron chi connectivity index (χ4n) is 3.25.